The van der Waals surface area contributed by atoms with Crippen molar-refractivity contribution in [1.29, 1.82) is 0 Å². The summed E-state index contributed by atoms with van der Waals surface area (Å²) in [4.78, 5) is 32.2. The van der Waals surface area contributed by atoms with Gasteiger partial charge >= 0.3 is 5.97 Å². The zero-order valence-electron chi connectivity index (χ0n) is 18.3. The highest BCUT2D eigenvalue weighted by atomic mass is 16.6. The van der Waals surface area contributed by atoms with Crippen molar-refractivity contribution in [1.82, 2.24) is 5.32 Å². The largest absolute Gasteiger partial charge is 0.481 e. The number of primary amides is 1. The van der Waals surface area contributed by atoms with E-state index in [1.165, 1.54) is 6.07 Å². The molecule has 1 aromatic rings. The number of nitrogens with two attached hydrogens (primary N) is 1. The first-order valence-corrected chi connectivity index (χ1v) is 10.8. The molecule has 1 saturated carbocycles. The normalized spacial score (nSPS) is 14.9. The van der Waals surface area contributed by atoms with Gasteiger partial charge in [-0.15, -0.1) is 0 Å². The van der Waals surface area contributed by atoms with Crippen molar-refractivity contribution in [3.05, 3.63) is 39.4 Å². The molecule has 0 atom stereocenters. The second kappa shape index (κ2) is 13.7. The molecule has 0 unspecified atom stereocenters. The number of nitrogens with one attached hydrogen (secondary N) is 1. The summed E-state index contributed by atoms with van der Waals surface area (Å²) in [7, 11) is 0. The van der Waals surface area contributed by atoms with Gasteiger partial charge in [-0.1, -0.05) is 45.1 Å². The quantitative estimate of drug-likeness (QED) is 0.235. The Morgan fingerprint density at radius 2 is 1.90 bits per heavy atom. The number of rotatable bonds is 11. The second-order valence-corrected chi connectivity index (χ2v) is 8.04. The highest BCUT2D eigenvalue weighted by Crippen LogP contribution is 2.35. The van der Waals surface area contributed by atoms with Crippen LogP contribution in [0, 0.1) is 15.5 Å². The Morgan fingerprint density at radius 3 is 2.42 bits per heavy atom. The number of nitro groups is 1. The molecule has 0 bridgehead atoms. The summed E-state index contributed by atoms with van der Waals surface area (Å²) >= 11 is 0. The molecule has 1 aromatic carbocycles. The molecule has 9 heteroatoms. The van der Waals surface area contributed by atoms with Crippen LogP contribution in [-0.2, 0) is 22.7 Å². The minimum atomic E-state index is -0.682. The van der Waals surface area contributed by atoms with Crippen LogP contribution in [0.25, 0.3) is 0 Å². The highest BCUT2D eigenvalue weighted by Gasteiger charge is 2.37. The predicted octanol–water partition coefficient (Wildman–Crippen LogP) is 3.26. The summed E-state index contributed by atoms with van der Waals surface area (Å²) in [6.45, 7) is 2.59. The van der Waals surface area contributed by atoms with Crippen LogP contribution >= 0.6 is 0 Å². The van der Waals surface area contributed by atoms with E-state index in [1.807, 2.05) is 0 Å². The third-order valence-electron chi connectivity index (χ3n) is 5.64. The Kier molecular flexibility index (Phi) is 11.7. The van der Waals surface area contributed by atoms with Gasteiger partial charge in [-0.05, 0) is 30.9 Å². The Labute approximate surface area is 183 Å². The molecule has 174 valence electrons. The number of hydrogen-bond donors (Lipinski definition) is 4. The monoisotopic (exact) mass is 437 g/mol. The number of nitro benzene ring substituents is 1. The molecule has 1 amide bonds. The van der Waals surface area contributed by atoms with Crippen LogP contribution in [0.3, 0.4) is 0 Å². The fourth-order valence-corrected chi connectivity index (χ4v) is 3.73. The maximum atomic E-state index is 11.8. The fourth-order valence-electron chi connectivity index (χ4n) is 3.73. The maximum absolute atomic E-state index is 11.8. The number of carbonyl (C=O) groups is 2. The van der Waals surface area contributed by atoms with Crippen molar-refractivity contribution >= 4 is 17.6 Å². The molecule has 0 saturated heterocycles. The number of carboxylic acid groups (broad SMARTS) is 1. The Hall–Kier alpha value is -2.52. The predicted molar refractivity (Wildman–Crippen MR) is 117 cm³/mol. The number of aliphatic carboxylic acids is 1. The van der Waals surface area contributed by atoms with E-state index in [0.717, 1.165) is 56.9 Å². The lowest BCUT2D eigenvalue weighted by Crippen LogP contribution is -2.46. The number of aliphatic hydroxyl groups excluding tert-OH is 1. The van der Waals surface area contributed by atoms with E-state index in [0.29, 0.717) is 25.1 Å². The van der Waals surface area contributed by atoms with Gasteiger partial charge in [0, 0.05) is 25.6 Å². The van der Waals surface area contributed by atoms with Gasteiger partial charge < -0.3 is 21.3 Å². The molecule has 0 heterocycles. The van der Waals surface area contributed by atoms with E-state index in [9.17, 15) is 19.7 Å². The van der Waals surface area contributed by atoms with Gasteiger partial charge in [0.15, 0.2) is 0 Å². The van der Waals surface area contributed by atoms with E-state index in [1.54, 1.807) is 12.1 Å². The van der Waals surface area contributed by atoms with Crippen LogP contribution in [0.2, 0.25) is 0 Å². The second-order valence-electron chi connectivity index (χ2n) is 8.04. The van der Waals surface area contributed by atoms with Crippen molar-refractivity contribution in [2.45, 2.75) is 77.9 Å². The van der Waals surface area contributed by atoms with Gasteiger partial charge in [0.2, 0.25) is 5.91 Å². The molecule has 31 heavy (non-hydrogen) atoms. The summed E-state index contributed by atoms with van der Waals surface area (Å²) in [5.41, 5.74) is 6.03. The Morgan fingerprint density at radius 1 is 1.23 bits per heavy atom. The zero-order valence-corrected chi connectivity index (χ0v) is 18.3. The molecule has 1 fully saturated rings. The van der Waals surface area contributed by atoms with Gasteiger partial charge in [-0.25, -0.2) is 0 Å². The third-order valence-corrected chi connectivity index (χ3v) is 5.64. The number of carbonyl (C=O) groups excluding carboxylic acids is 1. The van der Waals surface area contributed by atoms with Gasteiger partial charge in [-0.2, -0.15) is 0 Å². The first kappa shape index (κ1) is 26.5. The Bertz CT molecular complexity index is 732. The van der Waals surface area contributed by atoms with Crippen LogP contribution in [0.5, 0.6) is 0 Å². The molecule has 0 aromatic heterocycles. The summed E-state index contributed by atoms with van der Waals surface area (Å²) in [6.07, 6.45) is 7.99. The summed E-state index contributed by atoms with van der Waals surface area (Å²) < 4.78 is 0. The number of unbranched alkanes of at least 4 members (excludes halogenated alkanes) is 2. The van der Waals surface area contributed by atoms with Crippen molar-refractivity contribution in [3.8, 4) is 0 Å². The topological polar surface area (TPSA) is 156 Å². The number of nitrogens with zero attached hydrogens (tertiary/aromatic N) is 1. The smallest absolute Gasteiger partial charge is 0.303 e. The molecule has 2 rings (SSSR count). The minimum absolute atomic E-state index is 0.0888. The van der Waals surface area contributed by atoms with Crippen molar-refractivity contribution in [3.63, 3.8) is 0 Å². The molecular weight excluding hydrogens is 402 g/mol. The standard InChI is InChI=1S/C16H23N3O4.C6H12O2/c17-15(21)16(6-2-1-3-7-16)11-18-9-12-4-5-13(10-20)14(8-12)19(22)23;1-2-3-4-5-6(7)8/h4-5,8,18,20H,1-3,6-7,9-11H2,(H2,17,21);2-5H2,1H3,(H,7,8). The Balaban J connectivity index is 0.000000512. The number of hydrogen-bond acceptors (Lipinski definition) is 6. The number of aliphatic hydroxyl groups is 1. The molecule has 0 radical (unpaired) electrons. The first-order chi connectivity index (χ1) is 14.8. The van der Waals surface area contributed by atoms with E-state index in [4.69, 9.17) is 15.9 Å². The SMILES string of the molecule is CCCCCC(=O)O.NC(=O)C1(CNCc2ccc(CO)c([N+](=O)[O-])c2)CCCCC1. The number of benzene rings is 1. The minimum Gasteiger partial charge on any atom is -0.481 e. The number of carboxylic acids is 1. The molecule has 9 nitrogen and oxygen atoms in total. The van der Waals surface area contributed by atoms with Crippen LogP contribution < -0.4 is 11.1 Å². The average Bonchev–Trinajstić information content (AvgIpc) is 2.74. The van der Waals surface area contributed by atoms with Crippen molar-refractivity contribution < 1.29 is 24.7 Å². The highest BCUT2D eigenvalue weighted by molar-refractivity contribution is 5.81. The molecule has 5 N–H and O–H groups in total. The molecule has 1 aliphatic rings. The lowest BCUT2D eigenvalue weighted by molar-refractivity contribution is -0.385. The lowest BCUT2D eigenvalue weighted by atomic mass is 9.73. The summed E-state index contributed by atoms with van der Waals surface area (Å²) in [6, 6.07) is 4.75. The van der Waals surface area contributed by atoms with Gasteiger partial charge in [0.1, 0.15) is 0 Å². The maximum Gasteiger partial charge on any atom is 0.303 e. The van der Waals surface area contributed by atoms with Crippen molar-refractivity contribution in [2.75, 3.05) is 6.54 Å². The van der Waals surface area contributed by atoms with Crippen LogP contribution in [0.15, 0.2) is 18.2 Å². The van der Waals surface area contributed by atoms with Crippen LogP contribution in [0.1, 0.15) is 75.8 Å². The summed E-state index contributed by atoms with van der Waals surface area (Å²) in [5, 5.41) is 31.5. The van der Waals surface area contributed by atoms with Crippen LogP contribution in [-0.4, -0.2) is 33.6 Å². The third kappa shape index (κ3) is 9.02. The van der Waals surface area contributed by atoms with Gasteiger partial charge in [-0.3, -0.25) is 19.7 Å². The molecular formula is C22H35N3O6. The van der Waals surface area contributed by atoms with E-state index in [2.05, 4.69) is 12.2 Å². The van der Waals surface area contributed by atoms with Crippen molar-refractivity contribution in [2.24, 2.45) is 11.1 Å². The molecule has 1 aliphatic carbocycles. The van der Waals surface area contributed by atoms with Crippen LogP contribution in [0.4, 0.5) is 5.69 Å². The molecule has 0 spiro atoms. The molecule has 0 aliphatic heterocycles. The zero-order chi connectivity index (χ0) is 23.3. The van der Waals surface area contributed by atoms with Gasteiger partial charge in [0.25, 0.3) is 5.69 Å². The lowest BCUT2D eigenvalue weighted by Gasteiger charge is -2.34. The van der Waals surface area contributed by atoms with E-state index < -0.39 is 16.3 Å². The number of amides is 1. The van der Waals surface area contributed by atoms with E-state index in [-0.39, 0.29) is 18.2 Å². The van der Waals surface area contributed by atoms with E-state index >= 15 is 0 Å². The average molecular weight is 438 g/mol. The first-order valence-electron chi connectivity index (χ1n) is 10.8. The summed E-state index contributed by atoms with van der Waals surface area (Å²) in [5.74, 6) is -0.954. The fraction of sp³-hybridized carbons (Fsp3) is 0.636. The van der Waals surface area contributed by atoms with Gasteiger partial charge in [0.05, 0.1) is 22.5 Å².